The number of hydrogen-bond acceptors (Lipinski definition) is 5. The minimum atomic E-state index is -0.401. The minimum absolute atomic E-state index is 0.188. The molecule has 162 valence electrons. The first-order chi connectivity index (χ1) is 15.6. The number of carbonyl (C=O) groups excluding carboxylic acids is 1. The van der Waals surface area contributed by atoms with Gasteiger partial charge in [0.1, 0.15) is 24.4 Å². The molecule has 32 heavy (non-hydrogen) atoms. The highest BCUT2D eigenvalue weighted by molar-refractivity contribution is 6.01. The molecule has 2 aromatic heterocycles. The number of ether oxygens (including phenoxy) is 1. The van der Waals surface area contributed by atoms with Crippen molar-refractivity contribution in [2.45, 2.75) is 39.3 Å². The van der Waals surface area contributed by atoms with Gasteiger partial charge in [0.05, 0.1) is 6.54 Å². The molecule has 2 aromatic carbocycles. The lowest BCUT2D eigenvalue weighted by atomic mass is 10.1. The summed E-state index contributed by atoms with van der Waals surface area (Å²) in [6.07, 6.45) is 5.04. The molecule has 0 spiro atoms. The van der Waals surface area contributed by atoms with Gasteiger partial charge in [-0.25, -0.2) is 9.67 Å². The van der Waals surface area contributed by atoms with Crippen LogP contribution in [0.1, 0.15) is 45.0 Å². The molecule has 2 heterocycles. The molecule has 0 saturated heterocycles. The fraction of sp³-hybridized carbons (Fsp3) is 0.240. The number of benzene rings is 2. The summed E-state index contributed by atoms with van der Waals surface area (Å²) in [4.78, 5) is 16.7. The van der Waals surface area contributed by atoms with Crippen LogP contribution in [0.4, 0.5) is 5.95 Å². The summed E-state index contributed by atoms with van der Waals surface area (Å²) in [5.74, 6) is 1.41. The Bertz CT molecular complexity index is 1260. The summed E-state index contributed by atoms with van der Waals surface area (Å²) in [5.41, 5.74) is 5.07. The number of aromatic nitrogens is 3. The molecule has 0 fully saturated rings. The second-order valence-electron chi connectivity index (χ2n) is 8.05. The van der Waals surface area contributed by atoms with Crippen LogP contribution in [0.5, 0.6) is 5.75 Å². The molecule has 1 N–H and O–H groups in total. The highest BCUT2D eigenvalue weighted by Crippen LogP contribution is 2.26. The Hall–Kier alpha value is -3.87. The third kappa shape index (κ3) is 4.56. The Balaban J connectivity index is 1.17. The second kappa shape index (κ2) is 8.70. The number of aryl methyl sites for hydroxylation is 3. The van der Waals surface area contributed by atoms with Gasteiger partial charge in [-0.15, -0.1) is 5.10 Å². The van der Waals surface area contributed by atoms with E-state index in [1.54, 1.807) is 23.1 Å². The standard InChI is InChI=1S/C25H24N4O3/c1-17-4-2-5-18(12-17)14-29-16-26-25(28-29)27-24(30)23-11-10-22(32-23)15-31-21-9-8-19-6-3-7-20(19)13-21/h2,4-5,8-13,16H,3,6-7,14-15H2,1H3,(H,27,28,30). The third-order valence-electron chi connectivity index (χ3n) is 5.53. The lowest BCUT2D eigenvalue weighted by Gasteiger charge is -2.06. The van der Waals surface area contributed by atoms with Gasteiger partial charge >= 0.3 is 0 Å². The van der Waals surface area contributed by atoms with Crippen LogP contribution in [0.25, 0.3) is 0 Å². The molecule has 7 nitrogen and oxygen atoms in total. The van der Waals surface area contributed by atoms with Crippen molar-refractivity contribution in [2.24, 2.45) is 0 Å². The maximum atomic E-state index is 12.5. The molecule has 1 aliphatic rings. The lowest BCUT2D eigenvalue weighted by molar-refractivity contribution is 0.0991. The summed E-state index contributed by atoms with van der Waals surface area (Å²) in [7, 11) is 0. The Labute approximate surface area is 186 Å². The molecule has 0 bridgehead atoms. The zero-order valence-electron chi connectivity index (χ0n) is 17.9. The first-order valence-corrected chi connectivity index (χ1v) is 10.7. The lowest BCUT2D eigenvalue weighted by Crippen LogP contribution is -2.12. The summed E-state index contributed by atoms with van der Waals surface area (Å²) in [6.45, 7) is 2.88. The molecular weight excluding hydrogens is 404 g/mol. The van der Waals surface area contributed by atoms with Crippen LogP contribution in [0.2, 0.25) is 0 Å². The smallest absolute Gasteiger partial charge is 0.293 e. The van der Waals surface area contributed by atoms with E-state index in [0.29, 0.717) is 12.3 Å². The van der Waals surface area contributed by atoms with Gasteiger partial charge in [-0.05, 0) is 67.1 Å². The van der Waals surface area contributed by atoms with Crippen LogP contribution in [-0.2, 0) is 26.0 Å². The maximum Gasteiger partial charge on any atom is 0.293 e. The molecule has 1 amide bonds. The number of fused-ring (bicyclic) bond motifs is 1. The molecule has 4 aromatic rings. The van der Waals surface area contributed by atoms with Gasteiger partial charge in [0.15, 0.2) is 5.76 Å². The summed E-state index contributed by atoms with van der Waals surface area (Å²) >= 11 is 0. The average Bonchev–Trinajstić information content (AvgIpc) is 3.53. The van der Waals surface area contributed by atoms with Crippen molar-refractivity contribution in [1.82, 2.24) is 14.8 Å². The number of rotatable bonds is 7. The fourth-order valence-electron chi connectivity index (χ4n) is 3.96. The summed E-state index contributed by atoms with van der Waals surface area (Å²) in [5, 5.41) is 6.99. The Kier molecular flexibility index (Phi) is 5.46. The zero-order chi connectivity index (χ0) is 21.9. The summed E-state index contributed by atoms with van der Waals surface area (Å²) < 4.78 is 13.2. The van der Waals surface area contributed by atoms with Crippen LogP contribution in [-0.4, -0.2) is 20.7 Å². The largest absolute Gasteiger partial charge is 0.486 e. The normalized spacial score (nSPS) is 12.5. The number of carbonyl (C=O) groups is 1. The number of nitrogens with one attached hydrogen (secondary N) is 1. The molecular formula is C25H24N4O3. The van der Waals surface area contributed by atoms with Crippen LogP contribution < -0.4 is 10.1 Å². The predicted molar refractivity (Wildman–Crippen MR) is 120 cm³/mol. The third-order valence-corrected chi connectivity index (χ3v) is 5.53. The van der Waals surface area contributed by atoms with Crippen molar-refractivity contribution in [3.8, 4) is 5.75 Å². The Morgan fingerprint density at radius 3 is 2.94 bits per heavy atom. The van der Waals surface area contributed by atoms with E-state index in [9.17, 15) is 4.79 Å². The first kappa shape index (κ1) is 20.1. The van der Waals surface area contributed by atoms with Crippen molar-refractivity contribution < 1.29 is 13.9 Å². The van der Waals surface area contributed by atoms with E-state index in [1.165, 1.54) is 23.1 Å². The van der Waals surface area contributed by atoms with E-state index in [-0.39, 0.29) is 18.3 Å². The number of amides is 1. The summed E-state index contributed by atoms with van der Waals surface area (Å²) in [6, 6.07) is 17.8. The highest BCUT2D eigenvalue weighted by Gasteiger charge is 2.15. The predicted octanol–water partition coefficient (Wildman–Crippen LogP) is 4.55. The van der Waals surface area contributed by atoms with Gasteiger partial charge in [-0.1, -0.05) is 35.9 Å². The quantitative estimate of drug-likeness (QED) is 0.467. The van der Waals surface area contributed by atoms with Crippen LogP contribution in [0, 0.1) is 6.92 Å². The number of hydrogen-bond donors (Lipinski definition) is 1. The van der Waals surface area contributed by atoms with E-state index in [1.807, 2.05) is 31.2 Å². The zero-order valence-corrected chi connectivity index (χ0v) is 17.9. The molecule has 0 atom stereocenters. The molecule has 5 rings (SSSR count). The average molecular weight is 428 g/mol. The molecule has 0 radical (unpaired) electrons. The van der Waals surface area contributed by atoms with E-state index < -0.39 is 5.91 Å². The van der Waals surface area contributed by atoms with E-state index >= 15 is 0 Å². The van der Waals surface area contributed by atoms with Gasteiger partial charge in [0.25, 0.3) is 5.91 Å². The van der Waals surface area contributed by atoms with Crippen molar-refractivity contribution in [2.75, 3.05) is 5.32 Å². The number of anilines is 1. The van der Waals surface area contributed by atoms with Gasteiger partial charge in [0, 0.05) is 0 Å². The van der Waals surface area contributed by atoms with Crippen LogP contribution in [0.15, 0.2) is 65.3 Å². The van der Waals surface area contributed by atoms with Gasteiger partial charge in [-0.2, -0.15) is 0 Å². The topological polar surface area (TPSA) is 82.2 Å². The van der Waals surface area contributed by atoms with Crippen molar-refractivity contribution in [3.05, 3.63) is 94.7 Å². The minimum Gasteiger partial charge on any atom is -0.486 e. The fourth-order valence-corrected chi connectivity index (χ4v) is 3.96. The highest BCUT2D eigenvalue weighted by atomic mass is 16.5. The maximum absolute atomic E-state index is 12.5. The molecule has 7 heteroatoms. The molecule has 0 unspecified atom stereocenters. The van der Waals surface area contributed by atoms with Gasteiger partial charge in [-0.3, -0.25) is 10.1 Å². The van der Waals surface area contributed by atoms with Gasteiger partial charge < -0.3 is 9.15 Å². The SMILES string of the molecule is Cc1cccc(Cn2cnc(NC(=O)c3ccc(COc4ccc5c(c4)CCC5)o3)n2)c1. The van der Waals surface area contributed by atoms with E-state index in [4.69, 9.17) is 9.15 Å². The van der Waals surface area contributed by atoms with Crippen molar-refractivity contribution in [3.63, 3.8) is 0 Å². The molecule has 0 saturated carbocycles. The number of nitrogens with zero attached hydrogens (tertiary/aromatic N) is 3. The molecule has 0 aliphatic heterocycles. The van der Waals surface area contributed by atoms with E-state index in [2.05, 4.69) is 33.6 Å². The van der Waals surface area contributed by atoms with Crippen molar-refractivity contribution in [1.29, 1.82) is 0 Å². The first-order valence-electron chi connectivity index (χ1n) is 10.7. The van der Waals surface area contributed by atoms with Crippen LogP contribution in [0.3, 0.4) is 0 Å². The monoisotopic (exact) mass is 428 g/mol. The molecule has 1 aliphatic carbocycles. The second-order valence-corrected chi connectivity index (χ2v) is 8.05. The van der Waals surface area contributed by atoms with Crippen LogP contribution >= 0.6 is 0 Å². The Morgan fingerprint density at radius 1 is 1.12 bits per heavy atom. The Morgan fingerprint density at radius 2 is 2.03 bits per heavy atom. The van der Waals surface area contributed by atoms with Gasteiger partial charge in [0.2, 0.25) is 5.95 Å². The number of furan rings is 1. The van der Waals surface area contributed by atoms with Crippen molar-refractivity contribution >= 4 is 11.9 Å². The van der Waals surface area contributed by atoms with E-state index in [0.717, 1.165) is 24.2 Å².